The van der Waals surface area contributed by atoms with Gasteiger partial charge in [0.25, 0.3) is 27.4 Å². The number of aryl methyl sites for hydroxylation is 4. The lowest BCUT2D eigenvalue weighted by Gasteiger charge is -2.19. The molecule has 536 valence electrons. The number of ether oxygens (including phenoxy) is 5. The lowest BCUT2D eigenvalue weighted by molar-refractivity contribution is -0.144. The van der Waals surface area contributed by atoms with E-state index in [1.54, 1.807) is 77.0 Å². The van der Waals surface area contributed by atoms with E-state index in [0.717, 1.165) is 48.6 Å². The second-order valence-corrected chi connectivity index (χ2v) is 29.2. The molecular weight excluding hydrogens is 1390 g/mol. The van der Waals surface area contributed by atoms with E-state index in [4.69, 9.17) is 56.8 Å². The van der Waals surface area contributed by atoms with Crippen molar-refractivity contribution in [2.45, 2.75) is 123 Å². The van der Waals surface area contributed by atoms with Crippen LogP contribution in [0.1, 0.15) is 125 Å². The van der Waals surface area contributed by atoms with Gasteiger partial charge >= 0.3 is 11.9 Å². The highest BCUT2D eigenvalue weighted by molar-refractivity contribution is 7.91. The summed E-state index contributed by atoms with van der Waals surface area (Å²) in [6.07, 6.45) is 5.45. The first-order valence-electron chi connectivity index (χ1n) is 32.0. The van der Waals surface area contributed by atoms with Crippen molar-refractivity contribution in [3.8, 4) is 45.9 Å². The maximum atomic E-state index is 13.5. The highest BCUT2D eigenvalue weighted by Crippen LogP contribution is 2.38. The quantitative estimate of drug-likeness (QED) is 0.0432. The van der Waals surface area contributed by atoms with Crippen LogP contribution in [0.4, 0.5) is 0 Å². The third kappa shape index (κ3) is 19.2. The SMILES string of the molecule is CC(Oc1ccc(Oc2ccc(Cl)cc2Cl)cc1)C(=O)O.CCc1cc(C)cc(CC)c1-c1c(OC(=O)C(C)(C)C)n2n(c1=O)CCOCC2.COc1ccccc1C(=O)NS(=O)(=O)c1ccc(C(=O)NC2CC2)cc1.Cc1c(C(=O)c2cnn(C)c2O)ccc(S(C)(=O)=O)c1C1=NOCC1. The number of aromatic nitrogens is 4. The number of rotatable bonds is 19. The van der Waals surface area contributed by atoms with E-state index >= 15 is 0 Å². The molecule has 0 saturated heterocycles. The Kier molecular flexibility index (Phi) is 25.2. The minimum Gasteiger partial charge on any atom is -0.496 e. The molecule has 6 aromatic carbocycles. The molecule has 29 heteroatoms. The molecule has 1 atom stereocenters. The van der Waals surface area contributed by atoms with Crippen LogP contribution in [0.15, 0.2) is 141 Å². The molecule has 1 saturated carbocycles. The van der Waals surface area contributed by atoms with Gasteiger partial charge in [-0.1, -0.05) is 72.0 Å². The van der Waals surface area contributed by atoms with Crippen LogP contribution >= 0.6 is 23.2 Å². The van der Waals surface area contributed by atoms with Crippen LogP contribution in [0.25, 0.3) is 11.1 Å². The van der Waals surface area contributed by atoms with E-state index in [1.807, 2.05) is 25.5 Å². The number of halogens is 2. The van der Waals surface area contributed by atoms with Gasteiger partial charge in [0.1, 0.15) is 40.7 Å². The molecule has 4 N–H and O–H groups in total. The maximum Gasteiger partial charge on any atom is 0.344 e. The molecule has 0 radical (unpaired) electrons. The van der Waals surface area contributed by atoms with Crippen molar-refractivity contribution >= 4 is 78.3 Å². The van der Waals surface area contributed by atoms with Gasteiger partial charge in [0.05, 0.1) is 71.1 Å². The Bertz CT molecular complexity index is 4720. The molecule has 3 aliphatic rings. The average Bonchev–Trinajstić information content (AvgIpc) is 1.62. The van der Waals surface area contributed by atoms with Crippen LogP contribution in [0, 0.1) is 19.3 Å². The summed E-state index contributed by atoms with van der Waals surface area (Å²) >= 11 is 11.8. The third-order valence-corrected chi connectivity index (χ3v) is 19.0. The summed E-state index contributed by atoms with van der Waals surface area (Å²) in [5, 5.41) is 30.3. The van der Waals surface area contributed by atoms with Crippen molar-refractivity contribution in [3.63, 3.8) is 0 Å². The molecular formula is C72H79Cl2N7O18S2. The molecule has 2 amide bonds. The summed E-state index contributed by atoms with van der Waals surface area (Å²) < 4.78 is 83.1. The number of sulfone groups is 1. The van der Waals surface area contributed by atoms with Crippen LogP contribution < -0.4 is 34.5 Å². The predicted molar refractivity (Wildman–Crippen MR) is 379 cm³/mol. The third-order valence-electron chi connectivity index (χ3n) is 16.0. The van der Waals surface area contributed by atoms with Gasteiger partial charge in [-0.2, -0.15) is 5.10 Å². The number of ketones is 1. The Morgan fingerprint density at radius 2 is 1.40 bits per heavy atom. The zero-order valence-electron chi connectivity index (χ0n) is 57.5. The topological polar surface area (TPSA) is 331 Å². The number of carbonyl (C=O) groups is 5. The second-order valence-electron chi connectivity index (χ2n) is 24.6. The molecule has 8 aromatic rings. The summed E-state index contributed by atoms with van der Waals surface area (Å²) in [7, 11) is -4.68. The van der Waals surface area contributed by atoms with Gasteiger partial charge in [-0.3, -0.25) is 24.0 Å². The fraction of sp³-hybridized carbons (Fsp3) is 0.333. The molecule has 2 aromatic heterocycles. The molecule has 11 rings (SSSR count). The first kappa shape index (κ1) is 76.9. The van der Waals surface area contributed by atoms with Crippen LogP contribution in [-0.2, 0) is 72.0 Å². The number of methoxy groups -OCH3 is 1. The Morgan fingerprint density at radius 3 is 1.95 bits per heavy atom. The monoisotopic (exact) mass is 1460 g/mol. The number of oxime groups is 1. The van der Waals surface area contributed by atoms with E-state index in [0.29, 0.717) is 100 Å². The number of nitrogens with one attached hydrogen (secondary N) is 2. The lowest BCUT2D eigenvalue weighted by atomic mass is 9.91. The minimum atomic E-state index is -4.07. The first-order valence-corrected chi connectivity index (χ1v) is 36.2. The van der Waals surface area contributed by atoms with Crippen molar-refractivity contribution in [3.05, 3.63) is 192 Å². The number of sulfonamides is 1. The van der Waals surface area contributed by atoms with Crippen molar-refractivity contribution < 1.29 is 79.5 Å². The van der Waals surface area contributed by atoms with E-state index in [2.05, 4.69) is 48.5 Å². The standard InChI is InChI=1S/C23H32N2O4.C18H18N2O5S.C16H17N3O5S.C15H12Cl2O4/c1-7-16-13-15(3)14-17(8-2)18(16)19-20(26)24-9-11-28-12-10-25(24)21(19)29-22(27)23(4,5)6;1-25-16-5-3-2-4-15(16)18(22)20-26(23,24)14-10-6-12(7-11-14)17(21)19-13-8-9-13;1-9-10(15(20)11-8-17-19(2)16(11)21)4-5-13(25(3,22)23)14(9)12-6-7-24-18-12;1-9(15(18)19)20-11-3-5-12(6-4-11)21-14-7-2-10(16)8-13(14)17/h13-14H,7-12H2,1-6H3;2-7,10-11,13H,8-9H2,1H3,(H,19,21)(H,20,22);4-5,8,21H,6-7H2,1-3H3;2-9H,1H3,(H,18,19). The van der Waals surface area contributed by atoms with E-state index in [9.17, 15) is 50.7 Å². The van der Waals surface area contributed by atoms with Gasteiger partial charge in [-0.15, -0.1) is 0 Å². The van der Waals surface area contributed by atoms with Crippen molar-refractivity contribution in [1.29, 1.82) is 0 Å². The number of aromatic hydroxyl groups is 1. The number of hydrogen-bond acceptors (Lipinski definition) is 19. The fourth-order valence-corrected chi connectivity index (χ4v) is 12.9. The number of nitrogens with zero attached hydrogens (tertiary/aromatic N) is 5. The zero-order valence-corrected chi connectivity index (χ0v) is 60.7. The highest BCUT2D eigenvalue weighted by atomic mass is 35.5. The smallest absolute Gasteiger partial charge is 0.344 e. The van der Waals surface area contributed by atoms with Crippen LogP contribution in [0.5, 0.6) is 34.8 Å². The van der Waals surface area contributed by atoms with Gasteiger partial charge in [0, 0.05) is 47.5 Å². The number of esters is 1. The van der Waals surface area contributed by atoms with Crippen LogP contribution in [0.2, 0.25) is 10.0 Å². The zero-order chi connectivity index (χ0) is 73.8. The van der Waals surface area contributed by atoms with Crippen molar-refractivity contribution in [2.75, 3.05) is 33.2 Å². The molecule has 1 fully saturated rings. The number of amides is 2. The molecule has 0 bridgehead atoms. The van der Waals surface area contributed by atoms with E-state index in [1.165, 1.54) is 80.0 Å². The first-order chi connectivity index (χ1) is 47.8. The predicted octanol–water partition coefficient (Wildman–Crippen LogP) is 11.3. The highest BCUT2D eigenvalue weighted by Gasteiger charge is 2.34. The Balaban J connectivity index is 0.000000172. The molecule has 4 heterocycles. The van der Waals surface area contributed by atoms with Crippen molar-refractivity contribution in [2.24, 2.45) is 17.6 Å². The number of para-hydroxylation sites is 1. The molecule has 2 aliphatic heterocycles. The summed E-state index contributed by atoms with van der Waals surface area (Å²) in [6, 6.07) is 30.5. The number of hydrogen-bond donors (Lipinski definition) is 4. The number of benzene rings is 6. The van der Waals surface area contributed by atoms with Crippen molar-refractivity contribution in [1.82, 2.24) is 29.2 Å². The summed E-state index contributed by atoms with van der Waals surface area (Å²) in [6.45, 7) is 17.0. The van der Waals surface area contributed by atoms with Gasteiger partial charge in [0.15, 0.2) is 21.7 Å². The van der Waals surface area contributed by atoms with Crippen LogP contribution in [-0.4, -0.2) is 127 Å². The number of carbonyl (C=O) groups excluding carboxylic acids is 4. The Hall–Kier alpha value is -9.80. The number of aliphatic carboxylic acids is 1. The van der Waals surface area contributed by atoms with E-state index < -0.39 is 49.0 Å². The molecule has 1 unspecified atom stereocenters. The minimum absolute atomic E-state index is 0.0493. The Labute approximate surface area is 594 Å². The molecule has 1 aliphatic carbocycles. The molecule has 101 heavy (non-hydrogen) atoms. The molecule has 0 spiro atoms. The summed E-state index contributed by atoms with van der Waals surface area (Å²) in [5.41, 5.74) is 6.14. The second kappa shape index (κ2) is 33.1. The van der Waals surface area contributed by atoms with E-state index in [-0.39, 0.29) is 61.6 Å². The van der Waals surface area contributed by atoms with Gasteiger partial charge in [-0.05, 0) is 180 Å². The lowest BCUT2D eigenvalue weighted by Crippen LogP contribution is -2.31. The average molecular weight is 1470 g/mol. The molecule has 25 nitrogen and oxygen atoms in total. The maximum absolute atomic E-state index is 13.5. The largest absolute Gasteiger partial charge is 0.496 e. The number of carboxylic acids is 1. The Morgan fingerprint density at radius 1 is 0.762 bits per heavy atom. The van der Waals surface area contributed by atoms with Gasteiger partial charge < -0.3 is 44.1 Å². The van der Waals surface area contributed by atoms with Crippen LogP contribution in [0.3, 0.4) is 0 Å². The number of fused-ring (bicyclic) bond motifs is 1. The van der Waals surface area contributed by atoms with Gasteiger partial charge in [-0.25, -0.2) is 40.4 Å². The summed E-state index contributed by atoms with van der Waals surface area (Å²) in [5.74, 6) is -1.02. The fourth-order valence-electron chi connectivity index (χ4n) is 10.5. The number of carboxylic acid groups (broad SMARTS) is 1. The normalized spacial score (nSPS) is 13.7. The summed E-state index contributed by atoms with van der Waals surface area (Å²) in [4.78, 5) is 79.0. The van der Waals surface area contributed by atoms with Gasteiger partial charge in [0.2, 0.25) is 11.8 Å².